The minimum Gasteiger partial charge on any atom is -0.455 e. The number of hydrogen-bond acceptors (Lipinski definition) is 4. The van der Waals surface area contributed by atoms with Gasteiger partial charge in [0.05, 0.1) is 17.1 Å². The molecule has 0 atom stereocenters. The van der Waals surface area contributed by atoms with Gasteiger partial charge in [-0.2, -0.15) is 0 Å². The summed E-state index contributed by atoms with van der Waals surface area (Å²) in [6.45, 7) is 2.40. The van der Waals surface area contributed by atoms with E-state index in [1.54, 1.807) is 42.5 Å². The normalized spacial score (nSPS) is 15.0. The van der Waals surface area contributed by atoms with E-state index in [-0.39, 0.29) is 5.75 Å². The maximum absolute atomic E-state index is 12.9. The van der Waals surface area contributed by atoms with Crippen LogP contribution in [0, 0.1) is 6.92 Å². The zero-order chi connectivity index (χ0) is 22.0. The van der Waals surface area contributed by atoms with Crippen LogP contribution >= 0.6 is 11.6 Å². The van der Waals surface area contributed by atoms with Crippen molar-refractivity contribution in [3.63, 3.8) is 0 Å². The van der Waals surface area contributed by atoms with E-state index in [1.165, 1.54) is 4.31 Å². The number of carbonyl (C=O) groups excluding carboxylic acids is 1. The monoisotopic (exact) mass is 456 g/mol. The Hall–Kier alpha value is -3.03. The molecule has 1 N–H and O–H groups in total. The van der Waals surface area contributed by atoms with E-state index >= 15 is 0 Å². The fourth-order valence-corrected chi connectivity index (χ4v) is 5.08. The Labute approximate surface area is 186 Å². The molecule has 160 valence electrons. The summed E-state index contributed by atoms with van der Waals surface area (Å²) in [5.74, 6) is 0.796. The topological polar surface area (TPSA) is 75.7 Å². The van der Waals surface area contributed by atoms with Crippen LogP contribution in [-0.2, 0) is 10.0 Å². The van der Waals surface area contributed by atoms with E-state index in [4.69, 9.17) is 16.3 Å². The van der Waals surface area contributed by atoms with Gasteiger partial charge in [-0.3, -0.25) is 9.10 Å². The maximum Gasteiger partial charge on any atom is 0.255 e. The summed E-state index contributed by atoms with van der Waals surface area (Å²) in [6.07, 6.45) is 0.570. The summed E-state index contributed by atoms with van der Waals surface area (Å²) in [5.41, 5.74) is 2.34. The van der Waals surface area contributed by atoms with Crippen molar-refractivity contribution in [2.75, 3.05) is 21.9 Å². The number of nitrogens with zero attached hydrogens (tertiary/aromatic N) is 1. The van der Waals surface area contributed by atoms with Crippen molar-refractivity contribution in [1.29, 1.82) is 0 Å². The van der Waals surface area contributed by atoms with Crippen LogP contribution < -0.4 is 14.4 Å². The Morgan fingerprint density at radius 3 is 2.55 bits per heavy atom. The van der Waals surface area contributed by atoms with E-state index in [9.17, 15) is 13.2 Å². The van der Waals surface area contributed by atoms with Gasteiger partial charge in [-0.05, 0) is 61.9 Å². The zero-order valence-corrected chi connectivity index (χ0v) is 18.4. The minimum absolute atomic E-state index is 0.117. The number of rotatable bonds is 5. The van der Waals surface area contributed by atoms with Gasteiger partial charge in [0.1, 0.15) is 5.75 Å². The second-order valence-electron chi connectivity index (χ2n) is 7.30. The number of benzene rings is 3. The average molecular weight is 457 g/mol. The van der Waals surface area contributed by atoms with Crippen LogP contribution in [0.15, 0.2) is 66.7 Å². The first-order valence-corrected chi connectivity index (χ1v) is 11.8. The molecule has 1 saturated heterocycles. The lowest BCUT2D eigenvalue weighted by molar-refractivity contribution is 0.102. The Balaban J connectivity index is 1.58. The number of amides is 1. The van der Waals surface area contributed by atoms with Gasteiger partial charge >= 0.3 is 0 Å². The number of aryl methyl sites for hydroxylation is 1. The largest absolute Gasteiger partial charge is 0.455 e. The number of halogens is 1. The first kappa shape index (κ1) is 21.2. The molecule has 4 rings (SSSR count). The molecule has 0 aliphatic carbocycles. The van der Waals surface area contributed by atoms with E-state index in [2.05, 4.69) is 5.32 Å². The molecule has 1 aliphatic heterocycles. The molecule has 3 aromatic rings. The summed E-state index contributed by atoms with van der Waals surface area (Å²) in [4.78, 5) is 12.9. The molecule has 0 saturated carbocycles. The smallest absolute Gasteiger partial charge is 0.255 e. The van der Waals surface area contributed by atoms with Crippen molar-refractivity contribution in [2.45, 2.75) is 13.3 Å². The van der Waals surface area contributed by atoms with E-state index in [0.717, 1.165) is 5.56 Å². The molecule has 1 aliphatic rings. The van der Waals surface area contributed by atoms with Crippen molar-refractivity contribution >= 4 is 38.9 Å². The molecular formula is C23H21ClN2O4S. The van der Waals surface area contributed by atoms with Crippen molar-refractivity contribution in [3.05, 3.63) is 82.9 Å². The van der Waals surface area contributed by atoms with E-state index in [1.807, 2.05) is 31.2 Å². The van der Waals surface area contributed by atoms with Crippen molar-refractivity contribution in [2.24, 2.45) is 0 Å². The molecule has 0 spiro atoms. The molecule has 1 fully saturated rings. The summed E-state index contributed by atoms with van der Waals surface area (Å²) in [5, 5.41) is 3.27. The van der Waals surface area contributed by atoms with Crippen molar-refractivity contribution in [1.82, 2.24) is 0 Å². The number of nitrogens with one attached hydrogen (secondary N) is 1. The summed E-state index contributed by atoms with van der Waals surface area (Å²) < 4.78 is 31.7. The molecule has 3 aromatic carbocycles. The number of anilines is 2. The van der Waals surface area contributed by atoms with Gasteiger partial charge in [-0.1, -0.05) is 35.4 Å². The summed E-state index contributed by atoms with van der Waals surface area (Å²) in [6, 6.07) is 19.1. The van der Waals surface area contributed by atoms with Gasteiger partial charge in [-0.25, -0.2) is 8.42 Å². The highest BCUT2D eigenvalue weighted by molar-refractivity contribution is 7.93. The number of carbonyl (C=O) groups is 1. The standard InChI is InChI=1S/C23H21ClN2O4S/c1-16-6-9-20(10-7-16)30-22-11-8-18(24)15-21(22)25-23(27)17-4-2-5-19(14-17)26-12-3-13-31(26,28)29/h2,4-11,14-15H,3,12-13H2,1H3,(H,25,27). The van der Waals surface area contributed by atoms with Crippen LogP contribution in [0.4, 0.5) is 11.4 Å². The molecule has 0 unspecified atom stereocenters. The second-order valence-corrected chi connectivity index (χ2v) is 9.75. The lowest BCUT2D eigenvalue weighted by Gasteiger charge is -2.18. The van der Waals surface area contributed by atoms with E-state index < -0.39 is 15.9 Å². The molecule has 1 heterocycles. The fourth-order valence-electron chi connectivity index (χ4n) is 3.35. The van der Waals surface area contributed by atoms with Crippen LogP contribution in [0.3, 0.4) is 0 Å². The molecule has 6 nitrogen and oxygen atoms in total. The Morgan fingerprint density at radius 2 is 1.84 bits per heavy atom. The number of hydrogen-bond donors (Lipinski definition) is 1. The first-order chi connectivity index (χ1) is 14.8. The highest BCUT2D eigenvalue weighted by Gasteiger charge is 2.28. The average Bonchev–Trinajstić information content (AvgIpc) is 3.10. The second kappa shape index (κ2) is 8.61. The molecule has 0 aromatic heterocycles. The quantitative estimate of drug-likeness (QED) is 0.570. The number of sulfonamides is 1. The van der Waals surface area contributed by atoms with Gasteiger partial charge in [-0.15, -0.1) is 0 Å². The van der Waals surface area contributed by atoms with Crippen molar-refractivity contribution in [3.8, 4) is 11.5 Å². The van der Waals surface area contributed by atoms with Gasteiger partial charge in [0, 0.05) is 17.1 Å². The third kappa shape index (κ3) is 4.84. The number of ether oxygens (including phenoxy) is 1. The van der Waals surface area contributed by atoms with Crippen LogP contribution in [0.25, 0.3) is 0 Å². The van der Waals surface area contributed by atoms with Gasteiger partial charge in [0.2, 0.25) is 10.0 Å². The van der Waals surface area contributed by atoms with Gasteiger partial charge in [0.15, 0.2) is 5.75 Å². The molecule has 1 amide bonds. The van der Waals surface area contributed by atoms with Crippen LogP contribution in [0.2, 0.25) is 5.02 Å². The first-order valence-electron chi connectivity index (χ1n) is 9.78. The lowest BCUT2D eigenvalue weighted by atomic mass is 10.1. The third-order valence-electron chi connectivity index (χ3n) is 4.93. The van der Waals surface area contributed by atoms with Crippen molar-refractivity contribution < 1.29 is 17.9 Å². The minimum atomic E-state index is -3.33. The van der Waals surface area contributed by atoms with Crippen LogP contribution in [0.5, 0.6) is 11.5 Å². The summed E-state index contributed by atoms with van der Waals surface area (Å²) >= 11 is 6.13. The molecule has 8 heteroatoms. The predicted octanol–water partition coefficient (Wildman–Crippen LogP) is 5.23. The van der Waals surface area contributed by atoms with Gasteiger partial charge in [0.25, 0.3) is 5.91 Å². The van der Waals surface area contributed by atoms with Crippen LogP contribution in [0.1, 0.15) is 22.3 Å². The van der Waals surface area contributed by atoms with Crippen LogP contribution in [-0.4, -0.2) is 26.6 Å². The Morgan fingerprint density at radius 1 is 1.06 bits per heavy atom. The highest BCUT2D eigenvalue weighted by atomic mass is 35.5. The van der Waals surface area contributed by atoms with Gasteiger partial charge < -0.3 is 10.1 Å². The maximum atomic E-state index is 12.9. The fraction of sp³-hybridized carbons (Fsp3) is 0.174. The highest BCUT2D eigenvalue weighted by Crippen LogP contribution is 2.33. The molecule has 31 heavy (non-hydrogen) atoms. The lowest BCUT2D eigenvalue weighted by Crippen LogP contribution is -2.25. The zero-order valence-electron chi connectivity index (χ0n) is 16.8. The Bertz CT molecular complexity index is 1230. The third-order valence-corrected chi connectivity index (χ3v) is 7.04. The molecular weight excluding hydrogens is 436 g/mol. The molecule has 0 bridgehead atoms. The Kier molecular flexibility index (Phi) is 5.89. The van der Waals surface area contributed by atoms with E-state index in [0.29, 0.717) is 46.4 Å². The predicted molar refractivity (Wildman–Crippen MR) is 123 cm³/mol. The summed E-state index contributed by atoms with van der Waals surface area (Å²) in [7, 11) is -3.33. The molecule has 0 radical (unpaired) electrons. The SMILES string of the molecule is Cc1ccc(Oc2ccc(Cl)cc2NC(=O)c2cccc(N3CCCS3(=O)=O)c2)cc1.